The van der Waals surface area contributed by atoms with Gasteiger partial charge < -0.3 is 18.8 Å². The summed E-state index contributed by atoms with van der Waals surface area (Å²) >= 11 is 0. The van der Waals surface area contributed by atoms with Crippen LogP contribution in [0, 0.1) is 6.92 Å². The molecule has 1 saturated heterocycles. The van der Waals surface area contributed by atoms with Gasteiger partial charge in [-0.1, -0.05) is 18.2 Å². The van der Waals surface area contributed by atoms with Crippen LogP contribution in [0.2, 0.25) is 0 Å². The molecule has 1 aromatic carbocycles. The Kier molecular flexibility index (Phi) is 5.48. The molecule has 0 aliphatic carbocycles. The minimum Gasteiger partial charge on any atom is -0.492 e. The number of hydrogen-bond donors (Lipinski definition) is 0. The number of nitrogens with zero attached hydrogens (tertiary/aromatic N) is 2. The maximum absolute atomic E-state index is 12.7. The number of aryl methyl sites for hydroxylation is 1. The van der Waals surface area contributed by atoms with E-state index in [0.29, 0.717) is 31.2 Å². The highest BCUT2D eigenvalue weighted by molar-refractivity contribution is 5.93. The fourth-order valence-electron chi connectivity index (χ4n) is 2.76. The smallest absolute Gasteiger partial charge is 0.276 e. The Bertz CT molecular complexity index is 650. The number of aromatic nitrogens is 1. The van der Waals surface area contributed by atoms with Gasteiger partial charge in [0.25, 0.3) is 5.91 Å². The summed E-state index contributed by atoms with van der Waals surface area (Å²) in [6.45, 7) is 3.93. The lowest BCUT2D eigenvalue weighted by molar-refractivity contribution is 0.0488. The molecule has 0 bridgehead atoms. The third-order valence-corrected chi connectivity index (χ3v) is 4.06. The molecule has 1 aliphatic heterocycles. The third kappa shape index (κ3) is 4.14. The predicted octanol–water partition coefficient (Wildman–Crippen LogP) is 2.68. The van der Waals surface area contributed by atoms with Gasteiger partial charge in [0.1, 0.15) is 18.1 Å². The molecule has 6 nitrogen and oxygen atoms in total. The van der Waals surface area contributed by atoms with E-state index in [1.54, 1.807) is 11.8 Å². The lowest BCUT2D eigenvalue weighted by atomic mass is 10.2. The van der Waals surface area contributed by atoms with Gasteiger partial charge in [0.15, 0.2) is 12.1 Å². The number of oxazole rings is 1. The normalized spacial score (nSPS) is 17.0. The zero-order valence-corrected chi connectivity index (χ0v) is 13.8. The van der Waals surface area contributed by atoms with Crippen LogP contribution in [0.4, 0.5) is 0 Å². The van der Waals surface area contributed by atoms with Gasteiger partial charge in [0.05, 0.1) is 12.6 Å². The highest BCUT2D eigenvalue weighted by Crippen LogP contribution is 2.16. The number of ether oxygens (including phenoxy) is 2. The first-order valence-corrected chi connectivity index (χ1v) is 8.23. The Morgan fingerprint density at radius 2 is 2.21 bits per heavy atom. The summed E-state index contributed by atoms with van der Waals surface area (Å²) in [6.07, 6.45) is 3.39. The van der Waals surface area contributed by atoms with Crippen molar-refractivity contribution in [3.8, 4) is 5.75 Å². The molecule has 0 N–H and O–H groups in total. The second kappa shape index (κ2) is 7.97. The molecule has 1 amide bonds. The van der Waals surface area contributed by atoms with Crippen molar-refractivity contribution in [2.24, 2.45) is 0 Å². The molecule has 24 heavy (non-hydrogen) atoms. The highest BCUT2D eigenvalue weighted by Gasteiger charge is 2.26. The summed E-state index contributed by atoms with van der Waals surface area (Å²) in [5.74, 6) is 1.18. The number of benzene rings is 1. The summed E-state index contributed by atoms with van der Waals surface area (Å²) in [6, 6.07) is 9.57. The number of amides is 1. The van der Waals surface area contributed by atoms with Crippen molar-refractivity contribution >= 4 is 5.91 Å². The van der Waals surface area contributed by atoms with E-state index in [0.717, 1.165) is 25.2 Å². The molecule has 1 unspecified atom stereocenters. The minimum absolute atomic E-state index is 0.0814. The monoisotopic (exact) mass is 330 g/mol. The van der Waals surface area contributed by atoms with E-state index in [2.05, 4.69) is 4.98 Å². The maximum Gasteiger partial charge on any atom is 0.276 e. The van der Waals surface area contributed by atoms with E-state index in [1.807, 2.05) is 30.3 Å². The van der Waals surface area contributed by atoms with Gasteiger partial charge in [0.2, 0.25) is 0 Å². The van der Waals surface area contributed by atoms with E-state index in [1.165, 1.54) is 6.39 Å². The Hall–Kier alpha value is -2.34. The molecule has 128 valence electrons. The Labute approximate surface area is 141 Å². The van der Waals surface area contributed by atoms with Gasteiger partial charge in [-0.15, -0.1) is 0 Å². The summed E-state index contributed by atoms with van der Waals surface area (Å²) in [4.78, 5) is 18.5. The van der Waals surface area contributed by atoms with Crippen LogP contribution in [-0.4, -0.2) is 48.2 Å². The number of carbonyl (C=O) groups excluding carboxylic acids is 1. The van der Waals surface area contributed by atoms with Crippen LogP contribution in [0.1, 0.15) is 29.1 Å². The molecule has 1 aromatic heterocycles. The van der Waals surface area contributed by atoms with Crippen molar-refractivity contribution in [1.29, 1.82) is 0 Å². The molecule has 1 aliphatic rings. The molecular weight excluding hydrogens is 308 g/mol. The first-order chi connectivity index (χ1) is 11.7. The first kappa shape index (κ1) is 16.5. The third-order valence-electron chi connectivity index (χ3n) is 4.06. The Balaban J connectivity index is 1.62. The fourth-order valence-corrected chi connectivity index (χ4v) is 2.76. The van der Waals surface area contributed by atoms with Crippen LogP contribution in [-0.2, 0) is 4.74 Å². The standard InChI is InChI=1S/C18H22N2O4/c1-14-17(19-13-24-14)18(21)20(12-16-8-5-10-22-16)9-11-23-15-6-3-2-4-7-15/h2-4,6-7,13,16H,5,8-12H2,1H3. The average Bonchev–Trinajstić information content (AvgIpc) is 3.26. The van der Waals surface area contributed by atoms with Crippen LogP contribution in [0.5, 0.6) is 5.75 Å². The van der Waals surface area contributed by atoms with E-state index in [4.69, 9.17) is 13.9 Å². The minimum atomic E-state index is -0.145. The van der Waals surface area contributed by atoms with Crippen molar-refractivity contribution in [3.63, 3.8) is 0 Å². The molecule has 0 radical (unpaired) electrons. The van der Waals surface area contributed by atoms with E-state index < -0.39 is 0 Å². The van der Waals surface area contributed by atoms with Crippen LogP contribution >= 0.6 is 0 Å². The quantitative estimate of drug-likeness (QED) is 0.781. The number of para-hydroxylation sites is 1. The van der Waals surface area contributed by atoms with E-state index >= 15 is 0 Å². The topological polar surface area (TPSA) is 64.8 Å². The Morgan fingerprint density at radius 1 is 1.38 bits per heavy atom. The second-order valence-electron chi connectivity index (χ2n) is 5.80. The molecule has 6 heteroatoms. The summed E-state index contributed by atoms with van der Waals surface area (Å²) in [5.41, 5.74) is 0.354. The SMILES string of the molecule is Cc1ocnc1C(=O)N(CCOc1ccccc1)CC1CCCO1. The van der Waals surface area contributed by atoms with Crippen molar-refractivity contribution in [1.82, 2.24) is 9.88 Å². The Morgan fingerprint density at radius 3 is 2.88 bits per heavy atom. The predicted molar refractivity (Wildman–Crippen MR) is 88.1 cm³/mol. The van der Waals surface area contributed by atoms with Crippen molar-refractivity contribution < 1.29 is 18.7 Å². The van der Waals surface area contributed by atoms with Gasteiger partial charge >= 0.3 is 0 Å². The summed E-state index contributed by atoms with van der Waals surface area (Å²) in [7, 11) is 0. The number of rotatable bonds is 7. The summed E-state index contributed by atoms with van der Waals surface area (Å²) in [5, 5.41) is 0. The second-order valence-corrected chi connectivity index (χ2v) is 5.80. The highest BCUT2D eigenvalue weighted by atomic mass is 16.5. The zero-order valence-electron chi connectivity index (χ0n) is 13.8. The fraction of sp³-hybridized carbons (Fsp3) is 0.444. The van der Waals surface area contributed by atoms with Crippen molar-refractivity contribution in [2.45, 2.75) is 25.9 Å². The van der Waals surface area contributed by atoms with Crippen LogP contribution < -0.4 is 4.74 Å². The zero-order chi connectivity index (χ0) is 16.8. The molecule has 1 fully saturated rings. The molecule has 1 atom stereocenters. The summed E-state index contributed by atoms with van der Waals surface area (Å²) < 4.78 is 16.5. The first-order valence-electron chi connectivity index (χ1n) is 8.23. The maximum atomic E-state index is 12.7. The van der Waals surface area contributed by atoms with Crippen LogP contribution in [0.25, 0.3) is 0 Å². The number of carbonyl (C=O) groups is 1. The largest absolute Gasteiger partial charge is 0.492 e. The van der Waals surface area contributed by atoms with E-state index in [-0.39, 0.29) is 12.0 Å². The number of hydrogen-bond acceptors (Lipinski definition) is 5. The van der Waals surface area contributed by atoms with Crippen molar-refractivity contribution in [2.75, 3.05) is 26.3 Å². The van der Waals surface area contributed by atoms with E-state index in [9.17, 15) is 4.79 Å². The van der Waals surface area contributed by atoms with Gasteiger partial charge in [-0.3, -0.25) is 4.79 Å². The molecule has 2 aromatic rings. The van der Waals surface area contributed by atoms with Gasteiger partial charge in [-0.2, -0.15) is 0 Å². The molecule has 0 spiro atoms. The van der Waals surface area contributed by atoms with Crippen molar-refractivity contribution in [3.05, 3.63) is 48.2 Å². The average molecular weight is 330 g/mol. The van der Waals surface area contributed by atoms with Gasteiger partial charge in [-0.25, -0.2) is 4.98 Å². The molecular formula is C18H22N2O4. The molecule has 0 saturated carbocycles. The lowest BCUT2D eigenvalue weighted by Crippen LogP contribution is -2.40. The van der Waals surface area contributed by atoms with Gasteiger partial charge in [0, 0.05) is 13.2 Å². The van der Waals surface area contributed by atoms with Crippen LogP contribution in [0.3, 0.4) is 0 Å². The molecule has 3 rings (SSSR count). The van der Waals surface area contributed by atoms with Gasteiger partial charge in [-0.05, 0) is 31.9 Å². The lowest BCUT2D eigenvalue weighted by Gasteiger charge is -2.25. The van der Waals surface area contributed by atoms with Crippen LogP contribution in [0.15, 0.2) is 41.1 Å². The molecule has 2 heterocycles.